The minimum absolute atomic E-state index is 0.0566. The number of hydrogen-bond acceptors (Lipinski definition) is 5. The highest BCUT2D eigenvalue weighted by molar-refractivity contribution is 7.92. The van der Waals surface area contributed by atoms with Crippen LogP contribution in [0.25, 0.3) is 0 Å². The Kier molecular flexibility index (Phi) is 11.9. The molecule has 0 radical (unpaired) electrons. The summed E-state index contributed by atoms with van der Waals surface area (Å²) in [6.45, 7) is 6.95. The van der Waals surface area contributed by atoms with Crippen LogP contribution in [0.15, 0.2) is 71.6 Å². The molecule has 0 fully saturated rings. The van der Waals surface area contributed by atoms with E-state index in [9.17, 15) is 18.0 Å². The average Bonchev–Trinajstić information content (AvgIpc) is 2.93. The lowest BCUT2D eigenvalue weighted by Gasteiger charge is -2.34. The molecule has 3 aromatic rings. The molecule has 42 heavy (non-hydrogen) atoms. The number of carbonyl (C=O) groups is 2. The van der Waals surface area contributed by atoms with E-state index in [0.717, 1.165) is 4.31 Å². The number of ether oxygens (including phenoxy) is 1. The Morgan fingerprint density at radius 3 is 2.02 bits per heavy atom. The Bertz CT molecular complexity index is 1460. The molecule has 8 nitrogen and oxygen atoms in total. The van der Waals surface area contributed by atoms with Crippen molar-refractivity contribution in [2.75, 3.05) is 17.5 Å². The molecule has 0 aromatic heterocycles. The molecule has 1 N–H and O–H groups in total. The molecule has 3 aromatic carbocycles. The third-order valence-corrected chi connectivity index (χ3v) is 9.07. The van der Waals surface area contributed by atoms with E-state index in [4.69, 9.17) is 39.5 Å². The molecule has 12 heteroatoms. The lowest BCUT2D eigenvalue weighted by Crippen LogP contribution is -2.53. The maximum absolute atomic E-state index is 14.2. The van der Waals surface area contributed by atoms with E-state index in [1.807, 2.05) is 20.8 Å². The van der Waals surface area contributed by atoms with Crippen molar-refractivity contribution in [3.8, 4) is 5.75 Å². The quantitative estimate of drug-likeness (QED) is 0.225. The molecule has 0 aliphatic carbocycles. The van der Waals surface area contributed by atoms with Crippen molar-refractivity contribution in [3.05, 3.63) is 87.4 Å². The topological polar surface area (TPSA) is 96.0 Å². The van der Waals surface area contributed by atoms with Crippen LogP contribution in [0.4, 0.5) is 5.69 Å². The molecule has 1 atom stereocenters. The van der Waals surface area contributed by atoms with Gasteiger partial charge in [-0.1, -0.05) is 47.8 Å². The van der Waals surface area contributed by atoms with E-state index >= 15 is 0 Å². The molecule has 2 amide bonds. The lowest BCUT2D eigenvalue weighted by atomic mass is 10.1. The molecule has 0 bridgehead atoms. The molecule has 0 saturated carbocycles. The van der Waals surface area contributed by atoms with Gasteiger partial charge in [-0.05, 0) is 87.9 Å². The van der Waals surface area contributed by atoms with Crippen LogP contribution in [-0.2, 0) is 26.2 Å². The van der Waals surface area contributed by atoms with Crippen LogP contribution in [0.5, 0.6) is 5.75 Å². The number of rotatable bonds is 13. The molecule has 0 aliphatic heterocycles. The van der Waals surface area contributed by atoms with Gasteiger partial charge in [0.25, 0.3) is 10.0 Å². The third kappa shape index (κ3) is 8.31. The maximum Gasteiger partial charge on any atom is 0.264 e. The van der Waals surface area contributed by atoms with Gasteiger partial charge in [0, 0.05) is 33.2 Å². The number of amides is 2. The van der Waals surface area contributed by atoms with Crippen molar-refractivity contribution in [2.45, 2.75) is 57.6 Å². The molecule has 0 saturated heterocycles. The van der Waals surface area contributed by atoms with Crippen molar-refractivity contribution in [3.63, 3.8) is 0 Å². The van der Waals surface area contributed by atoms with E-state index in [2.05, 4.69) is 5.32 Å². The van der Waals surface area contributed by atoms with Crippen LogP contribution in [-0.4, -0.2) is 50.4 Å². The van der Waals surface area contributed by atoms with Gasteiger partial charge in [0.15, 0.2) is 0 Å². The van der Waals surface area contributed by atoms with Crippen molar-refractivity contribution in [2.24, 2.45) is 0 Å². The van der Waals surface area contributed by atoms with Crippen molar-refractivity contribution in [1.82, 2.24) is 10.2 Å². The first-order valence-corrected chi connectivity index (χ1v) is 16.0. The number of nitrogens with zero attached hydrogens (tertiary/aromatic N) is 2. The summed E-state index contributed by atoms with van der Waals surface area (Å²) < 4.78 is 34.4. The molecule has 0 unspecified atom stereocenters. The first-order chi connectivity index (χ1) is 19.9. The van der Waals surface area contributed by atoms with Gasteiger partial charge in [-0.2, -0.15) is 0 Å². The monoisotopic (exact) mass is 653 g/mol. The van der Waals surface area contributed by atoms with Crippen LogP contribution < -0.4 is 14.4 Å². The highest BCUT2D eigenvalue weighted by Crippen LogP contribution is 2.30. The maximum atomic E-state index is 14.2. The summed E-state index contributed by atoms with van der Waals surface area (Å²) in [5, 5.41) is 3.85. The SMILES string of the molecule is CCOc1ccc(N(CC(=O)N(Cc2c(Cl)cccc2Cl)[C@H](CC)C(=O)NC(C)C)S(=O)(=O)c2ccc(Cl)cc2)cc1. The number of anilines is 1. The van der Waals surface area contributed by atoms with Crippen LogP contribution in [0.1, 0.15) is 39.7 Å². The number of nitrogens with one attached hydrogen (secondary N) is 1. The van der Waals surface area contributed by atoms with Crippen LogP contribution in [0.2, 0.25) is 15.1 Å². The van der Waals surface area contributed by atoms with Gasteiger partial charge in [-0.25, -0.2) is 8.42 Å². The number of halogens is 3. The van der Waals surface area contributed by atoms with Crippen molar-refractivity contribution in [1.29, 1.82) is 0 Å². The second-order valence-electron chi connectivity index (χ2n) is 9.70. The predicted molar refractivity (Wildman–Crippen MR) is 168 cm³/mol. The normalized spacial score (nSPS) is 12.1. The number of sulfonamides is 1. The fraction of sp³-hybridized carbons (Fsp3) is 0.333. The Labute approximate surface area is 262 Å². The van der Waals surface area contributed by atoms with Crippen LogP contribution in [0.3, 0.4) is 0 Å². The molecular weight excluding hydrogens is 621 g/mol. The highest BCUT2D eigenvalue weighted by Gasteiger charge is 2.34. The van der Waals surface area contributed by atoms with Crippen LogP contribution >= 0.6 is 34.8 Å². The first-order valence-electron chi connectivity index (χ1n) is 13.4. The summed E-state index contributed by atoms with van der Waals surface area (Å²) in [6, 6.07) is 15.9. The van der Waals surface area contributed by atoms with E-state index in [1.165, 1.54) is 29.2 Å². The fourth-order valence-electron chi connectivity index (χ4n) is 4.29. The fourth-order valence-corrected chi connectivity index (χ4v) is 6.35. The van der Waals surface area contributed by atoms with E-state index in [1.54, 1.807) is 49.4 Å². The second kappa shape index (κ2) is 15.0. The summed E-state index contributed by atoms with van der Waals surface area (Å²) in [5.74, 6) is -0.455. The highest BCUT2D eigenvalue weighted by atomic mass is 35.5. The van der Waals surface area contributed by atoms with Gasteiger partial charge >= 0.3 is 0 Å². The van der Waals surface area contributed by atoms with Gasteiger partial charge in [0.2, 0.25) is 11.8 Å². The Morgan fingerprint density at radius 2 is 1.50 bits per heavy atom. The Balaban J connectivity index is 2.10. The summed E-state index contributed by atoms with van der Waals surface area (Å²) in [5.41, 5.74) is 0.676. The summed E-state index contributed by atoms with van der Waals surface area (Å²) >= 11 is 18.9. The number of benzene rings is 3. The lowest BCUT2D eigenvalue weighted by molar-refractivity contribution is -0.140. The van der Waals surface area contributed by atoms with E-state index < -0.39 is 28.5 Å². The third-order valence-electron chi connectivity index (χ3n) is 6.32. The average molecular weight is 655 g/mol. The molecule has 3 rings (SSSR count). The minimum atomic E-state index is -4.25. The van der Waals surface area contributed by atoms with E-state index in [0.29, 0.717) is 33.0 Å². The number of hydrogen-bond donors (Lipinski definition) is 1. The summed E-state index contributed by atoms with van der Waals surface area (Å²) in [6.07, 6.45) is 0.263. The number of carbonyl (C=O) groups excluding carboxylic acids is 2. The van der Waals surface area contributed by atoms with Crippen LogP contribution in [0, 0.1) is 0 Å². The second-order valence-corrected chi connectivity index (χ2v) is 12.8. The zero-order valence-corrected chi connectivity index (χ0v) is 26.9. The first kappa shape index (κ1) is 33.5. The van der Waals surface area contributed by atoms with Gasteiger partial charge in [0.1, 0.15) is 18.3 Å². The van der Waals surface area contributed by atoms with Crippen molar-refractivity contribution < 1.29 is 22.7 Å². The predicted octanol–water partition coefficient (Wildman–Crippen LogP) is 6.57. The summed E-state index contributed by atoms with van der Waals surface area (Å²) in [4.78, 5) is 28.7. The minimum Gasteiger partial charge on any atom is -0.494 e. The zero-order valence-electron chi connectivity index (χ0n) is 23.8. The van der Waals surface area contributed by atoms with Gasteiger partial charge in [-0.3, -0.25) is 13.9 Å². The smallest absolute Gasteiger partial charge is 0.264 e. The van der Waals surface area contributed by atoms with Gasteiger partial charge in [0.05, 0.1) is 17.2 Å². The van der Waals surface area contributed by atoms with Gasteiger partial charge in [-0.15, -0.1) is 0 Å². The zero-order chi connectivity index (χ0) is 31.0. The summed E-state index contributed by atoms with van der Waals surface area (Å²) in [7, 11) is -4.25. The van der Waals surface area contributed by atoms with E-state index in [-0.39, 0.29) is 35.5 Å². The van der Waals surface area contributed by atoms with Crippen molar-refractivity contribution >= 4 is 62.3 Å². The van der Waals surface area contributed by atoms with Gasteiger partial charge < -0.3 is 15.0 Å². The standard InChI is InChI=1S/C30H34Cl3N3O5S/c1-5-28(30(38)34-20(3)4)35(18-25-26(32)8-7-9-27(25)33)29(37)19-36(22-12-14-23(15-13-22)41-6-2)42(39,40)24-16-10-21(31)11-17-24/h7-17,20,28H,5-6,18-19H2,1-4H3,(H,34,38)/t28-/m1/s1. The molecular formula is C30H34Cl3N3O5S. The largest absolute Gasteiger partial charge is 0.494 e. The molecule has 0 spiro atoms. The molecule has 0 aliphatic rings. The molecule has 0 heterocycles. The Morgan fingerprint density at radius 1 is 0.905 bits per heavy atom. The Hall–Kier alpha value is -2.98. The molecule has 226 valence electrons.